The number of rotatable bonds is 8. The molecule has 8 heteroatoms. The van der Waals surface area contributed by atoms with Gasteiger partial charge in [0.25, 0.3) is 5.91 Å². The van der Waals surface area contributed by atoms with Gasteiger partial charge in [-0.05, 0) is 42.9 Å². The summed E-state index contributed by atoms with van der Waals surface area (Å²) in [6.07, 6.45) is 3.69. The Morgan fingerprint density at radius 1 is 1.34 bits per heavy atom. The van der Waals surface area contributed by atoms with E-state index in [0.717, 1.165) is 23.6 Å². The highest BCUT2D eigenvalue weighted by molar-refractivity contribution is 8.03. The first-order valence-electron chi connectivity index (χ1n) is 10.3. The van der Waals surface area contributed by atoms with Crippen LogP contribution < -0.4 is 15.4 Å². The number of carbonyl (C=O) groups excluding carboxylic acids is 1. The van der Waals surface area contributed by atoms with E-state index in [-0.39, 0.29) is 11.1 Å². The second-order valence-corrected chi connectivity index (χ2v) is 8.63. The summed E-state index contributed by atoms with van der Waals surface area (Å²) < 4.78 is 5.37. The number of halogens is 1. The van der Waals surface area contributed by atoms with Gasteiger partial charge in [0.05, 0.1) is 30.3 Å². The van der Waals surface area contributed by atoms with Gasteiger partial charge in [-0.1, -0.05) is 43.1 Å². The fourth-order valence-corrected chi connectivity index (χ4v) is 4.89. The Bertz CT molecular complexity index is 1110. The molecule has 0 aliphatic carbocycles. The zero-order valence-electron chi connectivity index (χ0n) is 18.2. The standard InChI is InChI=1S/C24H25ClN4O2S/c1-5-6-14-32-24-21(26-3)20(16-10-9-13-27-22(16)25)19(15(2)28-24)23(30)29-17-11-7-8-12-18(17)31-4/h7-13,20,28H,5-6,14H2,1-2,4H3,(H,29,30). The molecule has 32 heavy (non-hydrogen) atoms. The van der Waals surface area contributed by atoms with Crippen molar-refractivity contribution in [1.29, 1.82) is 0 Å². The second-order valence-electron chi connectivity index (χ2n) is 7.16. The Labute approximate surface area is 197 Å². The van der Waals surface area contributed by atoms with Crippen LogP contribution >= 0.6 is 23.4 Å². The molecule has 1 aromatic heterocycles. The number of benzene rings is 1. The fourth-order valence-electron chi connectivity index (χ4n) is 3.49. The third-order valence-electron chi connectivity index (χ3n) is 5.06. The normalized spacial score (nSPS) is 15.8. The predicted octanol–water partition coefficient (Wildman–Crippen LogP) is 5.96. The van der Waals surface area contributed by atoms with Gasteiger partial charge in [0.15, 0.2) is 0 Å². The van der Waals surface area contributed by atoms with Gasteiger partial charge in [-0.3, -0.25) is 4.79 Å². The van der Waals surface area contributed by atoms with Crippen LogP contribution in [0.25, 0.3) is 4.85 Å². The molecule has 1 atom stereocenters. The van der Waals surface area contributed by atoms with Crippen LogP contribution in [-0.4, -0.2) is 23.8 Å². The van der Waals surface area contributed by atoms with Gasteiger partial charge in [0.2, 0.25) is 5.70 Å². The Hall–Kier alpha value is -2.95. The van der Waals surface area contributed by atoms with E-state index in [0.29, 0.717) is 34.0 Å². The molecule has 0 radical (unpaired) electrons. The molecule has 0 bridgehead atoms. The highest BCUT2D eigenvalue weighted by Crippen LogP contribution is 2.43. The summed E-state index contributed by atoms with van der Waals surface area (Å²) in [6, 6.07) is 10.8. The number of nitrogens with zero attached hydrogens (tertiary/aromatic N) is 2. The van der Waals surface area contributed by atoms with Crippen molar-refractivity contribution in [3.05, 3.63) is 86.7 Å². The van der Waals surface area contributed by atoms with Gasteiger partial charge < -0.3 is 15.4 Å². The number of hydrogen-bond acceptors (Lipinski definition) is 5. The number of ether oxygens (including phenoxy) is 1. The van der Waals surface area contributed by atoms with E-state index < -0.39 is 5.92 Å². The predicted molar refractivity (Wildman–Crippen MR) is 130 cm³/mol. The van der Waals surface area contributed by atoms with Gasteiger partial charge in [-0.15, -0.1) is 11.8 Å². The summed E-state index contributed by atoms with van der Waals surface area (Å²) in [5.74, 6) is 0.467. The average Bonchev–Trinajstić information content (AvgIpc) is 2.79. The number of dihydropyridines is 1. The summed E-state index contributed by atoms with van der Waals surface area (Å²) in [6.45, 7) is 11.9. The van der Waals surface area contributed by atoms with E-state index in [4.69, 9.17) is 22.9 Å². The number of amides is 1. The van der Waals surface area contributed by atoms with Crippen molar-refractivity contribution >= 4 is 35.0 Å². The molecule has 1 amide bonds. The number of aromatic nitrogens is 1. The molecule has 0 spiro atoms. The molecule has 0 saturated heterocycles. The Morgan fingerprint density at radius 2 is 2.12 bits per heavy atom. The number of anilines is 1. The van der Waals surface area contributed by atoms with Crippen LogP contribution in [0.3, 0.4) is 0 Å². The first-order valence-corrected chi connectivity index (χ1v) is 11.6. The van der Waals surface area contributed by atoms with E-state index in [1.807, 2.05) is 25.1 Å². The van der Waals surface area contributed by atoms with Gasteiger partial charge in [-0.2, -0.15) is 0 Å². The molecule has 2 aromatic rings. The number of pyridine rings is 1. The Morgan fingerprint density at radius 3 is 2.81 bits per heavy atom. The minimum atomic E-state index is -0.631. The lowest BCUT2D eigenvalue weighted by atomic mass is 9.85. The summed E-state index contributed by atoms with van der Waals surface area (Å²) in [7, 11) is 1.55. The lowest BCUT2D eigenvalue weighted by Crippen LogP contribution is -2.30. The molecule has 6 nitrogen and oxygen atoms in total. The van der Waals surface area contributed by atoms with Crippen molar-refractivity contribution in [2.45, 2.75) is 32.6 Å². The van der Waals surface area contributed by atoms with E-state index >= 15 is 0 Å². The van der Waals surface area contributed by atoms with Crippen molar-refractivity contribution in [3.63, 3.8) is 0 Å². The number of thioether (sulfide) groups is 1. The summed E-state index contributed by atoms with van der Waals surface area (Å²) >= 11 is 8.03. The molecule has 1 aromatic carbocycles. The van der Waals surface area contributed by atoms with E-state index in [1.165, 1.54) is 0 Å². The molecule has 1 aliphatic heterocycles. The molecule has 0 fully saturated rings. The number of nitrogens with one attached hydrogen (secondary N) is 2. The molecule has 2 N–H and O–H groups in total. The molecule has 1 aliphatic rings. The fraction of sp³-hybridized carbons (Fsp3) is 0.292. The third kappa shape index (κ3) is 5.09. The minimum absolute atomic E-state index is 0.272. The van der Waals surface area contributed by atoms with Crippen LogP contribution in [0.5, 0.6) is 5.75 Å². The van der Waals surface area contributed by atoms with Crippen LogP contribution in [0.1, 0.15) is 38.2 Å². The average molecular weight is 469 g/mol. The maximum absolute atomic E-state index is 13.5. The third-order valence-corrected chi connectivity index (χ3v) is 6.47. The molecular formula is C24H25ClN4O2S. The van der Waals surface area contributed by atoms with Crippen molar-refractivity contribution in [1.82, 2.24) is 10.3 Å². The smallest absolute Gasteiger partial charge is 0.253 e. The number of allylic oxidation sites excluding steroid dienone is 2. The number of hydrogen-bond donors (Lipinski definition) is 2. The quantitative estimate of drug-likeness (QED) is 0.284. The minimum Gasteiger partial charge on any atom is -0.495 e. The molecule has 2 heterocycles. The lowest BCUT2D eigenvalue weighted by Gasteiger charge is -2.30. The molecule has 0 saturated carbocycles. The Kier molecular flexibility index (Phi) is 8.20. The number of para-hydroxylation sites is 2. The monoisotopic (exact) mass is 468 g/mol. The zero-order valence-corrected chi connectivity index (χ0v) is 19.8. The van der Waals surface area contributed by atoms with Crippen LogP contribution in [0.2, 0.25) is 5.15 Å². The molecule has 166 valence electrons. The first-order chi connectivity index (χ1) is 15.5. The van der Waals surface area contributed by atoms with Crippen LogP contribution in [0.15, 0.2) is 64.6 Å². The van der Waals surface area contributed by atoms with Crippen LogP contribution in [-0.2, 0) is 4.79 Å². The number of unbranched alkanes of at least 4 members (excludes halogenated alkanes) is 1. The van der Waals surface area contributed by atoms with Gasteiger partial charge in [0.1, 0.15) is 10.9 Å². The molecule has 3 rings (SSSR count). The molecule has 1 unspecified atom stereocenters. The van der Waals surface area contributed by atoms with E-state index in [1.54, 1.807) is 43.3 Å². The van der Waals surface area contributed by atoms with E-state index in [9.17, 15) is 4.79 Å². The zero-order chi connectivity index (χ0) is 23.1. The second kappa shape index (κ2) is 11.1. The van der Waals surface area contributed by atoms with Gasteiger partial charge in [-0.25, -0.2) is 9.83 Å². The highest BCUT2D eigenvalue weighted by Gasteiger charge is 2.36. The number of carbonyl (C=O) groups is 1. The van der Waals surface area contributed by atoms with Crippen molar-refractivity contribution in [2.24, 2.45) is 0 Å². The first kappa shape index (κ1) is 23.7. The SMILES string of the molecule is [C-]#[N+]C1=C(SCCCC)NC(C)=C(C(=O)Nc2ccccc2OC)C1c1cccnc1Cl. The maximum Gasteiger partial charge on any atom is 0.253 e. The maximum atomic E-state index is 13.5. The van der Waals surface area contributed by atoms with Gasteiger partial charge >= 0.3 is 0 Å². The van der Waals surface area contributed by atoms with Crippen LogP contribution in [0, 0.1) is 6.57 Å². The largest absolute Gasteiger partial charge is 0.495 e. The van der Waals surface area contributed by atoms with Gasteiger partial charge in [0, 0.05) is 17.5 Å². The van der Waals surface area contributed by atoms with Crippen LogP contribution in [0.4, 0.5) is 5.69 Å². The summed E-state index contributed by atoms with van der Waals surface area (Å²) in [5.41, 5.74) is 2.72. The van der Waals surface area contributed by atoms with E-state index in [2.05, 4.69) is 27.4 Å². The Balaban J connectivity index is 2.07. The van der Waals surface area contributed by atoms with Crippen molar-refractivity contribution in [2.75, 3.05) is 18.2 Å². The van der Waals surface area contributed by atoms with Crippen molar-refractivity contribution in [3.8, 4) is 5.75 Å². The highest BCUT2D eigenvalue weighted by atomic mass is 35.5. The van der Waals surface area contributed by atoms with Crippen molar-refractivity contribution < 1.29 is 9.53 Å². The topological polar surface area (TPSA) is 67.6 Å². The lowest BCUT2D eigenvalue weighted by molar-refractivity contribution is -0.113. The summed E-state index contributed by atoms with van der Waals surface area (Å²) in [4.78, 5) is 21.5. The summed E-state index contributed by atoms with van der Waals surface area (Å²) in [5, 5.41) is 7.26. The number of methoxy groups -OCH3 is 1. The molecular weight excluding hydrogens is 444 g/mol.